The van der Waals surface area contributed by atoms with Crippen molar-refractivity contribution in [2.45, 2.75) is 18.6 Å². The second-order valence-corrected chi connectivity index (χ2v) is 11.2. The number of hydrogen-bond acceptors (Lipinski definition) is 7. The van der Waals surface area contributed by atoms with E-state index in [4.69, 9.17) is 9.84 Å². The standard InChI is InChI=1S/C25H32N5O8P/c1-38-19-7-8-30(15-19)18-13-20(17-5-3-2-4-6-17)26-21(14-18)23(31)27-22(16-39(35,36)37)24(32)28-9-11-29(12-10-28)25(33)34/h2-6,13-14,19,22H,7-12,15-16H2,1H3,(H,27,31)(H,33,34)(H2,35,36,37)/t19-,22+/m0/s1. The summed E-state index contributed by atoms with van der Waals surface area (Å²) in [6, 6.07) is 11.2. The zero-order valence-electron chi connectivity index (χ0n) is 21.5. The average molecular weight is 562 g/mol. The van der Waals surface area contributed by atoms with Gasteiger partial charge in [0.2, 0.25) is 5.91 Å². The van der Waals surface area contributed by atoms with Crippen LogP contribution in [0.5, 0.6) is 0 Å². The van der Waals surface area contributed by atoms with Crippen LogP contribution in [0.2, 0.25) is 0 Å². The molecule has 39 heavy (non-hydrogen) atoms. The highest BCUT2D eigenvalue weighted by Gasteiger charge is 2.35. The van der Waals surface area contributed by atoms with Crippen LogP contribution in [-0.4, -0.2) is 112 Å². The molecule has 210 valence electrons. The van der Waals surface area contributed by atoms with E-state index in [1.54, 1.807) is 13.2 Å². The normalized spacial score (nSPS) is 18.6. The van der Waals surface area contributed by atoms with Crippen molar-refractivity contribution >= 4 is 31.2 Å². The van der Waals surface area contributed by atoms with Crippen LogP contribution in [0.4, 0.5) is 10.5 Å². The molecule has 0 bridgehead atoms. The maximum Gasteiger partial charge on any atom is 0.407 e. The molecule has 2 fully saturated rings. The van der Waals surface area contributed by atoms with E-state index >= 15 is 0 Å². The second-order valence-electron chi connectivity index (χ2n) is 9.52. The number of piperazine rings is 1. The summed E-state index contributed by atoms with van der Waals surface area (Å²) in [6.07, 6.45) is -1.15. The van der Waals surface area contributed by atoms with Crippen LogP contribution in [0.15, 0.2) is 42.5 Å². The number of methoxy groups -OCH3 is 1. The summed E-state index contributed by atoms with van der Waals surface area (Å²) in [7, 11) is -3.06. The van der Waals surface area contributed by atoms with Gasteiger partial charge in [0.15, 0.2) is 0 Å². The first-order chi connectivity index (χ1) is 18.5. The van der Waals surface area contributed by atoms with E-state index in [1.165, 1.54) is 4.90 Å². The number of hydrogen-bond donors (Lipinski definition) is 4. The van der Waals surface area contributed by atoms with E-state index in [0.29, 0.717) is 18.8 Å². The van der Waals surface area contributed by atoms with E-state index in [2.05, 4.69) is 15.2 Å². The maximum absolute atomic E-state index is 13.4. The lowest BCUT2D eigenvalue weighted by atomic mass is 10.1. The van der Waals surface area contributed by atoms with E-state index in [9.17, 15) is 28.7 Å². The molecule has 0 radical (unpaired) electrons. The van der Waals surface area contributed by atoms with Crippen molar-refractivity contribution in [1.29, 1.82) is 0 Å². The number of carbonyl (C=O) groups is 3. The molecule has 3 heterocycles. The molecular formula is C25H32N5O8P. The van der Waals surface area contributed by atoms with Crippen LogP contribution >= 0.6 is 7.60 Å². The van der Waals surface area contributed by atoms with Crippen molar-refractivity contribution in [3.05, 3.63) is 48.2 Å². The lowest BCUT2D eigenvalue weighted by Crippen LogP contribution is -2.56. The molecule has 2 aliphatic rings. The molecular weight excluding hydrogens is 529 g/mol. The van der Waals surface area contributed by atoms with Crippen molar-refractivity contribution in [3.8, 4) is 11.3 Å². The summed E-state index contributed by atoms with van der Waals surface area (Å²) in [6.45, 7) is 1.53. The van der Waals surface area contributed by atoms with Gasteiger partial charge in [0, 0.05) is 57.6 Å². The van der Waals surface area contributed by atoms with Crippen molar-refractivity contribution in [2.24, 2.45) is 0 Å². The molecule has 0 spiro atoms. The fourth-order valence-electron chi connectivity index (χ4n) is 4.72. The summed E-state index contributed by atoms with van der Waals surface area (Å²) in [5, 5.41) is 11.6. The van der Waals surface area contributed by atoms with Gasteiger partial charge in [-0.2, -0.15) is 0 Å². The van der Waals surface area contributed by atoms with Gasteiger partial charge in [-0.25, -0.2) is 9.78 Å². The summed E-state index contributed by atoms with van der Waals surface area (Å²) in [5.41, 5.74) is 2.03. The third kappa shape index (κ3) is 7.33. The predicted octanol–water partition coefficient (Wildman–Crippen LogP) is 1.07. The van der Waals surface area contributed by atoms with Crippen molar-refractivity contribution < 1.29 is 38.6 Å². The van der Waals surface area contributed by atoms with Crippen LogP contribution < -0.4 is 10.2 Å². The Balaban J connectivity index is 1.60. The first-order valence-corrected chi connectivity index (χ1v) is 14.3. The monoisotopic (exact) mass is 561 g/mol. The number of nitrogens with one attached hydrogen (secondary N) is 1. The van der Waals surface area contributed by atoms with Crippen molar-refractivity contribution in [3.63, 3.8) is 0 Å². The van der Waals surface area contributed by atoms with Crippen LogP contribution in [0.1, 0.15) is 16.9 Å². The third-order valence-electron chi connectivity index (χ3n) is 6.84. The number of amides is 3. The molecule has 14 heteroatoms. The van der Waals surface area contributed by atoms with Crippen molar-refractivity contribution in [2.75, 3.05) is 57.4 Å². The smallest absolute Gasteiger partial charge is 0.407 e. The Labute approximate surface area is 225 Å². The summed E-state index contributed by atoms with van der Waals surface area (Å²) in [4.78, 5) is 66.1. The number of carbonyl (C=O) groups excluding carboxylic acids is 2. The van der Waals surface area contributed by atoms with E-state index in [-0.39, 0.29) is 38.0 Å². The highest BCUT2D eigenvalue weighted by molar-refractivity contribution is 7.51. The Morgan fingerprint density at radius 2 is 1.74 bits per heavy atom. The number of anilines is 1. The molecule has 2 atom stereocenters. The molecule has 2 saturated heterocycles. The predicted molar refractivity (Wildman–Crippen MR) is 142 cm³/mol. The molecule has 0 aliphatic carbocycles. The van der Waals surface area contributed by atoms with Crippen LogP contribution in [0.3, 0.4) is 0 Å². The van der Waals surface area contributed by atoms with Gasteiger partial charge in [-0.1, -0.05) is 30.3 Å². The van der Waals surface area contributed by atoms with E-state index in [0.717, 1.165) is 22.6 Å². The Hall–Kier alpha value is -3.51. The SMILES string of the molecule is CO[C@H]1CCN(c2cc(C(=O)N[C@H](CP(=O)(O)O)C(=O)N3CCN(C(=O)O)CC3)nc(-c3ccccc3)c2)C1. The molecule has 13 nitrogen and oxygen atoms in total. The van der Waals surface area contributed by atoms with Gasteiger partial charge in [-0.15, -0.1) is 0 Å². The van der Waals surface area contributed by atoms with Gasteiger partial charge in [0.1, 0.15) is 11.7 Å². The number of aromatic nitrogens is 1. The average Bonchev–Trinajstić information content (AvgIpc) is 3.41. The number of ether oxygens (including phenoxy) is 1. The Kier molecular flexibility index (Phi) is 8.86. The fourth-order valence-corrected chi connectivity index (χ4v) is 5.44. The largest absolute Gasteiger partial charge is 0.465 e. The molecule has 4 rings (SSSR count). The first kappa shape index (κ1) is 28.5. The number of benzene rings is 1. The molecule has 1 aromatic heterocycles. The quantitative estimate of drug-likeness (QED) is 0.342. The molecule has 3 amide bonds. The lowest BCUT2D eigenvalue weighted by molar-refractivity contribution is -0.134. The highest BCUT2D eigenvalue weighted by Crippen LogP contribution is 2.35. The number of nitrogens with zero attached hydrogens (tertiary/aromatic N) is 4. The summed E-state index contributed by atoms with van der Waals surface area (Å²) in [5.74, 6) is -1.45. The Morgan fingerprint density at radius 3 is 2.33 bits per heavy atom. The van der Waals surface area contributed by atoms with Crippen LogP contribution in [-0.2, 0) is 14.1 Å². The third-order valence-corrected chi connectivity index (χ3v) is 7.68. The van der Waals surface area contributed by atoms with Gasteiger partial charge in [0.25, 0.3) is 5.91 Å². The summed E-state index contributed by atoms with van der Waals surface area (Å²) < 4.78 is 17.3. The summed E-state index contributed by atoms with van der Waals surface area (Å²) >= 11 is 0. The topological polar surface area (TPSA) is 173 Å². The number of rotatable bonds is 8. The number of pyridine rings is 1. The van der Waals surface area contributed by atoms with Crippen molar-refractivity contribution in [1.82, 2.24) is 20.1 Å². The van der Waals surface area contributed by atoms with Gasteiger partial charge in [-0.3, -0.25) is 14.2 Å². The second kappa shape index (κ2) is 12.1. The minimum Gasteiger partial charge on any atom is -0.465 e. The van der Waals surface area contributed by atoms with Gasteiger partial charge in [-0.05, 0) is 18.6 Å². The minimum absolute atomic E-state index is 0.00794. The maximum atomic E-state index is 13.4. The fraction of sp³-hybridized carbons (Fsp3) is 0.440. The minimum atomic E-state index is -4.71. The molecule has 0 saturated carbocycles. The Bertz CT molecular complexity index is 1250. The zero-order valence-corrected chi connectivity index (χ0v) is 22.4. The first-order valence-electron chi connectivity index (χ1n) is 12.5. The van der Waals surface area contributed by atoms with Crippen LogP contribution in [0.25, 0.3) is 11.3 Å². The molecule has 4 N–H and O–H groups in total. The van der Waals surface area contributed by atoms with Gasteiger partial charge < -0.3 is 39.6 Å². The molecule has 2 aliphatic heterocycles. The van der Waals surface area contributed by atoms with Gasteiger partial charge in [0.05, 0.1) is 18.0 Å². The van der Waals surface area contributed by atoms with E-state index in [1.807, 2.05) is 36.4 Å². The molecule has 2 aromatic rings. The molecule has 1 aromatic carbocycles. The molecule has 0 unspecified atom stereocenters. The number of carboxylic acid groups (broad SMARTS) is 1. The van der Waals surface area contributed by atoms with Crippen LogP contribution in [0, 0.1) is 0 Å². The van der Waals surface area contributed by atoms with Gasteiger partial charge >= 0.3 is 13.7 Å². The van der Waals surface area contributed by atoms with E-state index < -0.39 is 37.7 Å². The highest BCUT2D eigenvalue weighted by atomic mass is 31.2. The zero-order chi connectivity index (χ0) is 28.2. The lowest BCUT2D eigenvalue weighted by Gasteiger charge is -2.35. The Morgan fingerprint density at radius 1 is 1.08 bits per heavy atom.